The van der Waals surface area contributed by atoms with E-state index in [1.807, 2.05) is 29.2 Å². The van der Waals surface area contributed by atoms with Crippen molar-refractivity contribution in [2.45, 2.75) is 18.9 Å². The largest absolute Gasteiger partial charge is 0.474 e. The van der Waals surface area contributed by atoms with E-state index in [1.165, 1.54) is 11.3 Å². The minimum atomic E-state index is 0.00395. The molecule has 0 aliphatic carbocycles. The van der Waals surface area contributed by atoms with Gasteiger partial charge < -0.3 is 9.64 Å². The third-order valence-electron chi connectivity index (χ3n) is 4.19. The van der Waals surface area contributed by atoms with Crippen LogP contribution in [0, 0.1) is 0 Å². The zero-order valence-corrected chi connectivity index (χ0v) is 15.0. The van der Waals surface area contributed by atoms with Crippen molar-refractivity contribution in [1.82, 2.24) is 14.9 Å². The summed E-state index contributed by atoms with van der Waals surface area (Å²) in [6.45, 7) is 1.32. The predicted octanol–water partition coefficient (Wildman–Crippen LogP) is 4.03. The van der Waals surface area contributed by atoms with E-state index in [9.17, 15) is 4.79 Å². The zero-order valence-electron chi connectivity index (χ0n) is 13.4. The number of fused-ring (bicyclic) bond motifs is 1. The summed E-state index contributed by atoms with van der Waals surface area (Å²) in [5, 5.41) is 1.14. The van der Waals surface area contributed by atoms with Gasteiger partial charge in [-0.05, 0) is 18.2 Å². The summed E-state index contributed by atoms with van der Waals surface area (Å²) in [7, 11) is 0. The van der Waals surface area contributed by atoms with Crippen LogP contribution in [0.4, 0.5) is 0 Å². The first kappa shape index (κ1) is 16.3. The number of hydrogen-bond acceptors (Lipinski definition) is 5. The van der Waals surface area contributed by atoms with E-state index < -0.39 is 0 Å². The van der Waals surface area contributed by atoms with E-state index in [0.717, 1.165) is 23.1 Å². The van der Waals surface area contributed by atoms with E-state index in [0.29, 0.717) is 29.0 Å². The molecule has 1 aromatic carbocycles. The van der Waals surface area contributed by atoms with Crippen LogP contribution in [0.5, 0.6) is 5.88 Å². The number of aromatic nitrogens is 2. The number of piperidine rings is 1. The van der Waals surface area contributed by atoms with Gasteiger partial charge >= 0.3 is 0 Å². The Bertz CT molecular complexity index is 856. The molecule has 128 valence electrons. The fraction of sp³-hybridized carbons (Fsp3) is 0.278. The van der Waals surface area contributed by atoms with Crippen LogP contribution in [-0.4, -0.2) is 40.0 Å². The molecule has 0 radical (unpaired) electrons. The first-order valence-corrected chi connectivity index (χ1v) is 9.31. The van der Waals surface area contributed by atoms with Crippen LogP contribution >= 0.6 is 22.9 Å². The molecule has 0 N–H and O–H groups in total. The number of halogens is 1. The third-order valence-corrected chi connectivity index (χ3v) is 5.44. The van der Waals surface area contributed by atoms with Crippen LogP contribution in [0.1, 0.15) is 22.6 Å². The van der Waals surface area contributed by atoms with Crippen LogP contribution in [0.25, 0.3) is 10.2 Å². The Kier molecular flexibility index (Phi) is 4.55. The van der Waals surface area contributed by atoms with Gasteiger partial charge in [0.25, 0.3) is 5.91 Å². The molecule has 3 aromatic rings. The van der Waals surface area contributed by atoms with Crippen molar-refractivity contribution >= 4 is 39.1 Å². The molecule has 0 spiro atoms. The van der Waals surface area contributed by atoms with Crippen molar-refractivity contribution in [2.24, 2.45) is 0 Å². The first-order valence-electron chi connectivity index (χ1n) is 8.12. The van der Waals surface area contributed by atoms with Gasteiger partial charge in [0.1, 0.15) is 6.10 Å². The van der Waals surface area contributed by atoms with Gasteiger partial charge in [-0.1, -0.05) is 23.7 Å². The number of ether oxygens (including phenoxy) is 1. The Morgan fingerprint density at radius 2 is 2.00 bits per heavy atom. The molecule has 4 rings (SSSR count). The van der Waals surface area contributed by atoms with E-state index in [1.54, 1.807) is 18.3 Å². The lowest BCUT2D eigenvalue weighted by molar-refractivity contribution is 0.0588. The molecule has 0 saturated carbocycles. The molecule has 3 heterocycles. The molecule has 1 amide bonds. The SMILES string of the molecule is O=C(c1nc2ccccc2s1)N1CCC(Oc2ccc(Cl)cn2)CC1. The number of amides is 1. The standard InChI is InChI=1S/C18H16ClN3O2S/c19-12-5-6-16(20-11-12)24-13-7-9-22(10-8-13)18(23)17-21-14-3-1-2-4-15(14)25-17/h1-6,11,13H,7-10H2. The van der Waals surface area contributed by atoms with Crippen molar-refractivity contribution in [3.8, 4) is 5.88 Å². The Hall–Kier alpha value is -2.18. The minimum Gasteiger partial charge on any atom is -0.474 e. The lowest BCUT2D eigenvalue weighted by Crippen LogP contribution is -2.41. The number of para-hydroxylation sites is 1. The second kappa shape index (κ2) is 6.98. The molecule has 2 aromatic heterocycles. The fourth-order valence-electron chi connectivity index (χ4n) is 2.88. The van der Waals surface area contributed by atoms with Crippen molar-refractivity contribution in [1.29, 1.82) is 0 Å². The smallest absolute Gasteiger partial charge is 0.282 e. The van der Waals surface area contributed by atoms with E-state index in [2.05, 4.69) is 9.97 Å². The van der Waals surface area contributed by atoms with Crippen molar-refractivity contribution < 1.29 is 9.53 Å². The Labute approximate surface area is 154 Å². The lowest BCUT2D eigenvalue weighted by atomic mass is 10.1. The number of pyridine rings is 1. The molecule has 5 nitrogen and oxygen atoms in total. The summed E-state index contributed by atoms with van der Waals surface area (Å²) in [5.74, 6) is 0.574. The van der Waals surface area contributed by atoms with E-state index in [4.69, 9.17) is 16.3 Å². The highest BCUT2D eigenvalue weighted by Gasteiger charge is 2.26. The third kappa shape index (κ3) is 3.60. The highest BCUT2D eigenvalue weighted by Crippen LogP contribution is 2.25. The Morgan fingerprint density at radius 3 is 2.72 bits per heavy atom. The summed E-state index contributed by atoms with van der Waals surface area (Å²) < 4.78 is 6.91. The summed E-state index contributed by atoms with van der Waals surface area (Å²) >= 11 is 7.28. The first-order chi connectivity index (χ1) is 12.2. The maximum atomic E-state index is 12.7. The zero-order chi connectivity index (χ0) is 17.2. The van der Waals surface area contributed by atoms with Gasteiger partial charge in [0.2, 0.25) is 5.88 Å². The maximum Gasteiger partial charge on any atom is 0.282 e. The van der Waals surface area contributed by atoms with Gasteiger partial charge in [-0.3, -0.25) is 4.79 Å². The van der Waals surface area contributed by atoms with Crippen molar-refractivity contribution in [3.05, 3.63) is 52.6 Å². The second-order valence-corrected chi connectivity index (χ2v) is 7.38. The Morgan fingerprint density at radius 1 is 1.20 bits per heavy atom. The summed E-state index contributed by atoms with van der Waals surface area (Å²) in [4.78, 5) is 23.1. The number of nitrogens with zero attached hydrogens (tertiary/aromatic N) is 3. The van der Waals surface area contributed by atoms with E-state index in [-0.39, 0.29) is 12.0 Å². The van der Waals surface area contributed by atoms with E-state index >= 15 is 0 Å². The maximum absolute atomic E-state index is 12.7. The molecule has 1 saturated heterocycles. The molecule has 1 aliphatic rings. The van der Waals surface area contributed by atoms with Gasteiger partial charge in [0.05, 0.1) is 15.2 Å². The summed E-state index contributed by atoms with van der Waals surface area (Å²) in [5.41, 5.74) is 0.878. The fourth-order valence-corrected chi connectivity index (χ4v) is 3.92. The molecule has 7 heteroatoms. The predicted molar refractivity (Wildman–Crippen MR) is 98.4 cm³/mol. The van der Waals surface area contributed by atoms with Gasteiger partial charge in [-0.2, -0.15) is 0 Å². The highest BCUT2D eigenvalue weighted by atomic mass is 35.5. The number of likely N-dealkylation sites (tertiary alicyclic amines) is 1. The summed E-state index contributed by atoms with van der Waals surface area (Å²) in [6.07, 6.45) is 3.19. The molecular formula is C18H16ClN3O2S. The average Bonchev–Trinajstić information content (AvgIpc) is 3.08. The van der Waals surface area contributed by atoms with Gasteiger partial charge in [0, 0.05) is 38.2 Å². The second-order valence-electron chi connectivity index (χ2n) is 5.91. The van der Waals surface area contributed by atoms with Gasteiger partial charge in [-0.25, -0.2) is 9.97 Å². The van der Waals surface area contributed by atoms with Crippen molar-refractivity contribution in [3.63, 3.8) is 0 Å². The summed E-state index contributed by atoms with van der Waals surface area (Å²) in [6, 6.07) is 11.3. The number of carbonyl (C=O) groups excluding carboxylic acids is 1. The average molecular weight is 374 g/mol. The monoisotopic (exact) mass is 373 g/mol. The molecular weight excluding hydrogens is 358 g/mol. The molecule has 1 aliphatic heterocycles. The molecule has 1 fully saturated rings. The number of thiazole rings is 1. The highest BCUT2D eigenvalue weighted by molar-refractivity contribution is 7.20. The van der Waals surface area contributed by atoms with Crippen LogP contribution in [0.2, 0.25) is 5.02 Å². The van der Waals surface area contributed by atoms with Gasteiger partial charge in [-0.15, -0.1) is 11.3 Å². The van der Waals surface area contributed by atoms with Crippen LogP contribution < -0.4 is 4.74 Å². The normalized spacial score (nSPS) is 15.5. The quantitative estimate of drug-likeness (QED) is 0.695. The number of hydrogen-bond donors (Lipinski definition) is 0. The molecule has 25 heavy (non-hydrogen) atoms. The van der Waals surface area contributed by atoms with Crippen LogP contribution in [0.3, 0.4) is 0 Å². The number of benzene rings is 1. The van der Waals surface area contributed by atoms with Crippen molar-refractivity contribution in [2.75, 3.05) is 13.1 Å². The minimum absolute atomic E-state index is 0.00395. The van der Waals surface area contributed by atoms with Crippen LogP contribution in [-0.2, 0) is 0 Å². The molecule has 0 bridgehead atoms. The Balaban J connectivity index is 1.37. The number of rotatable bonds is 3. The lowest BCUT2D eigenvalue weighted by Gasteiger charge is -2.31. The topological polar surface area (TPSA) is 55.3 Å². The van der Waals surface area contributed by atoms with Gasteiger partial charge in [0.15, 0.2) is 5.01 Å². The van der Waals surface area contributed by atoms with Crippen LogP contribution in [0.15, 0.2) is 42.6 Å². The number of carbonyl (C=O) groups is 1. The molecule has 0 unspecified atom stereocenters. The molecule has 0 atom stereocenters.